The van der Waals surface area contributed by atoms with Crippen LogP contribution in [0.2, 0.25) is 0 Å². The van der Waals surface area contributed by atoms with Crippen molar-refractivity contribution in [2.45, 2.75) is 39.5 Å². The van der Waals surface area contributed by atoms with Gasteiger partial charge in [-0.25, -0.2) is 0 Å². The van der Waals surface area contributed by atoms with E-state index in [4.69, 9.17) is 4.74 Å². The number of aromatic hydroxyl groups is 1. The molecule has 0 aliphatic rings. The van der Waals surface area contributed by atoms with Crippen molar-refractivity contribution in [3.63, 3.8) is 0 Å². The molecule has 1 aromatic rings. The Kier molecular flexibility index (Phi) is 10.3. The van der Waals surface area contributed by atoms with E-state index < -0.39 is 0 Å². The minimum Gasteiger partial charge on any atom is -0.504 e. The standard InChI is InChI=1S/C16H27NO2.ClH/c1-4-6-11-17(10-5-2)12-9-14-7-8-16(19-3)15(18)13-14;/h7-8,13,18H,4-6,9-12H2,1-3H3;1H. The number of hydrogen-bond acceptors (Lipinski definition) is 3. The van der Waals surface area contributed by atoms with E-state index in [2.05, 4.69) is 18.7 Å². The third kappa shape index (κ3) is 6.49. The van der Waals surface area contributed by atoms with Gasteiger partial charge in [-0.1, -0.05) is 26.3 Å². The molecule has 0 aliphatic carbocycles. The third-order valence-electron chi connectivity index (χ3n) is 3.33. The average molecular weight is 302 g/mol. The van der Waals surface area contributed by atoms with Gasteiger partial charge in [0.2, 0.25) is 0 Å². The molecule has 0 bridgehead atoms. The number of unbranched alkanes of at least 4 members (excludes halogenated alkanes) is 1. The first-order valence-corrected chi connectivity index (χ1v) is 7.29. The molecule has 1 rings (SSSR count). The maximum atomic E-state index is 9.76. The molecule has 20 heavy (non-hydrogen) atoms. The van der Waals surface area contributed by atoms with Crippen molar-refractivity contribution >= 4 is 12.4 Å². The zero-order valence-corrected chi connectivity index (χ0v) is 13.7. The second-order valence-corrected chi connectivity index (χ2v) is 4.95. The molecule has 0 aliphatic heterocycles. The zero-order valence-electron chi connectivity index (χ0n) is 12.9. The minimum absolute atomic E-state index is 0. The van der Waals surface area contributed by atoms with Gasteiger partial charge in [0.1, 0.15) is 0 Å². The number of benzene rings is 1. The third-order valence-corrected chi connectivity index (χ3v) is 3.33. The first-order chi connectivity index (χ1) is 9.21. The largest absolute Gasteiger partial charge is 0.504 e. The molecule has 0 saturated heterocycles. The number of halogens is 1. The summed E-state index contributed by atoms with van der Waals surface area (Å²) in [5, 5.41) is 9.76. The molecule has 1 N–H and O–H groups in total. The van der Waals surface area contributed by atoms with Crippen LogP contribution in [0.5, 0.6) is 11.5 Å². The lowest BCUT2D eigenvalue weighted by atomic mass is 10.1. The van der Waals surface area contributed by atoms with Crippen molar-refractivity contribution in [3.8, 4) is 11.5 Å². The SMILES string of the molecule is CCCCN(CCC)CCc1ccc(OC)c(O)c1.Cl. The summed E-state index contributed by atoms with van der Waals surface area (Å²) in [5.41, 5.74) is 1.16. The molecule has 0 amide bonds. The summed E-state index contributed by atoms with van der Waals surface area (Å²) in [4.78, 5) is 2.50. The van der Waals surface area contributed by atoms with Gasteiger partial charge in [0.15, 0.2) is 11.5 Å². The molecule has 0 atom stereocenters. The van der Waals surface area contributed by atoms with Gasteiger partial charge in [0.25, 0.3) is 0 Å². The van der Waals surface area contributed by atoms with E-state index in [1.165, 1.54) is 25.8 Å². The van der Waals surface area contributed by atoms with Gasteiger partial charge in [-0.15, -0.1) is 12.4 Å². The van der Waals surface area contributed by atoms with E-state index in [9.17, 15) is 5.11 Å². The lowest BCUT2D eigenvalue weighted by molar-refractivity contribution is 0.273. The molecule has 116 valence electrons. The molecule has 0 saturated carbocycles. The molecule has 4 heteroatoms. The molecule has 0 fully saturated rings. The Balaban J connectivity index is 0.00000361. The highest BCUT2D eigenvalue weighted by Gasteiger charge is 2.06. The molecule has 0 unspecified atom stereocenters. The molecular formula is C16H28ClNO2. The highest BCUT2D eigenvalue weighted by molar-refractivity contribution is 5.85. The van der Waals surface area contributed by atoms with Crippen molar-refractivity contribution in [3.05, 3.63) is 23.8 Å². The molecule has 3 nitrogen and oxygen atoms in total. The van der Waals surface area contributed by atoms with Crippen LogP contribution in [0.3, 0.4) is 0 Å². The molecule has 1 aromatic carbocycles. The van der Waals surface area contributed by atoms with E-state index in [-0.39, 0.29) is 18.2 Å². The van der Waals surface area contributed by atoms with Crippen LogP contribution < -0.4 is 4.74 Å². The van der Waals surface area contributed by atoms with Gasteiger partial charge in [-0.2, -0.15) is 0 Å². The number of phenolic OH excluding ortho intramolecular Hbond substituents is 1. The Labute approximate surface area is 129 Å². The summed E-state index contributed by atoms with van der Waals surface area (Å²) in [6, 6.07) is 5.67. The Hall–Kier alpha value is -0.930. The highest BCUT2D eigenvalue weighted by Crippen LogP contribution is 2.26. The number of hydrogen-bond donors (Lipinski definition) is 1. The topological polar surface area (TPSA) is 32.7 Å². The fourth-order valence-electron chi connectivity index (χ4n) is 2.21. The first kappa shape index (κ1) is 19.1. The fraction of sp³-hybridized carbons (Fsp3) is 0.625. The molecule has 0 radical (unpaired) electrons. The van der Waals surface area contributed by atoms with E-state index in [0.29, 0.717) is 5.75 Å². The van der Waals surface area contributed by atoms with Gasteiger partial charge in [-0.3, -0.25) is 0 Å². The van der Waals surface area contributed by atoms with Crippen molar-refractivity contribution in [2.24, 2.45) is 0 Å². The molecular weight excluding hydrogens is 274 g/mol. The average Bonchev–Trinajstić information content (AvgIpc) is 2.42. The maximum absolute atomic E-state index is 9.76. The Morgan fingerprint density at radius 3 is 2.40 bits per heavy atom. The molecule has 0 aromatic heterocycles. The fourth-order valence-corrected chi connectivity index (χ4v) is 2.21. The van der Waals surface area contributed by atoms with Crippen LogP contribution in [-0.2, 0) is 6.42 Å². The number of methoxy groups -OCH3 is 1. The van der Waals surface area contributed by atoms with Gasteiger partial charge in [-0.05, 0) is 50.0 Å². The van der Waals surface area contributed by atoms with Crippen molar-refractivity contribution in [1.82, 2.24) is 4.90 Å². The predicted octanol–water partition coefficient (Wildman–Crippen LogP) is 3.88. The van der Waals surface area contributed by atoms with Crippen molar-refractivity contribution < 1.29 is 9.84 Å². The van der Waals surface area contributed by atoms with Gasteiger partial charge >= 0.3 is 0 Å². The molecule has 0 heterocycles. The van der Waals surface area contributed by atoms with E-state index in [0.717, 1.165) is 25.1 Å². The van der Waals surface area contributed by atoms with Crippen LogP contribution in [0.15, 0.2) is 18.2 Å². The Morgan fingerprint density at radius 2 is 1.85 bits per heavy atom. The van der Waals surface area contributed by atoms with Crippen molar-refractivity contribution in [1.29, 1.82) is 0 Å². The monoisotopic (exact) mass is 301 g/mol. The summed E-state index contributed by atoms with van der Waals surface area (Å²) >= 11 is 0. The quantitative estimate of drug-likeness (QED) is 0.751. The number of phenols is 1. The predicted molar refractivity (Wildman–Crippen MR) is 87.2 cm³/mol. The Morgan fingerprint density at radius 1 is 1.10 bits per heavy atom. The van der Waals surface area contributed by atoms with Gasteiger partial charge < -0.3 is 14.7 Å². The minimum atomic E-state index is 0. The first-order valence-electron chi connectivity index (χ1n) is 7.29. The van der Waals surface area contributed by atoms with Gasteiger partial charge in [0, 0.05) is 6.54 Å². The van der Waals surface area contributed by atoms with Crippen LogP contribution in [0.4, 0.5) is 0 Å². The summed E-state index contributed by atoms with van der Waals surface area (Å²) in [6.45, 7) is 7.83. The van der Waals surface area contributed by atoms with Crippen LogP contribution in [0, 0.1) is 0 Å². The smallest absolute Gasteiger partial charge is 0.160 e. The maximum Gasteiger partial charge on any atom is 0.160 e. The highest BCUT2D eigenvalue weighted by atomic mass is 35.5. The van der Waals surface area contributed by atoms with E-state index in [1.807, 2.05) is 18.2 Å². The van der Waals surface area contributed by atoms with Crippen molar-refractivity contribution in [2.75, 3.05) is 26.7 Å². The van der Waals surface area contributed by atoms with Crippen LogP contribution in [-0.4, -0.2) is 36.8 Å². The summed E-state index contributed by atoms with van der Waals surface area (Å²) in [7, 11) is 1.57. The lowest BCUT2D eigenvalue weighted by Gasteiger charge is -2.21. The zero-order chi connectivity index (χ0) is 14.1. The van der Waals surface area contributed by atoms with E-state index in [1.54, 1.807) is 7.11 Å². The lowest BCUT2D eigenvalue weighted by Crippen LogP contribution is -2.28. The summed E-state index contributed by atoms with van der Waals surface area (Å²) in [6.07, 6.45) is 4.66. The van der Waals surface area contributed by atoms with Crippen LogP contribution >= 0.6 is 12.4 Å². The summed E-state index contributed by atoms with van der Waals surface area (Å²) < 4.78 is 5.06. The normalized spacial score (nSPS) is 10.4. The molecule has 0 spiro atoms. The second-order valence-electron chi connectivity index (χ2n) is 4.95. The van der Waals surface area contributed by atoms with Crippen LogP contribution in [0.1, 0.15) is 38.7 Å². The van der Waals surface area contributed by atoms with E-state index >= 15 is 0 Å². The van der Waals surface area contributed by atoms with Gasteiger partial charge in [0.05, 0.1) is 7.11 Å². The number of ether oxygens (including phenoxy) is 1. The summed E-state index contributed by atoms with van der Waals surface area (Å²) in [5.74, 6) is 0.774. The number of rotatable bonds is 9. The van der Waals surface area contributed by atoms with Crippen LogP contribution in [0.25, 0.3) is 0 Å². The number of nitrogens with zero attached hydrogens (tertiary/aromatic N) is 1. The Bertz CT molecular complexity index is 371. The second kappa shape index (κ2) is 10.8.